The summed E-state index contributed by atoms with van der Waals surface area (Å²) in [5.74, 6) is 0. The van der Waals surface area contributed by atoms with E-state index in [-0.39, 0.29) is 0 Å². The van der Waals surface area contributed by atoms with Crippen molar-refractivity contribution in [1.29, 1.82) is 0 Å². The van der Waals surface area contributed by atoms with Crippen molar-refractivity contribution in [1.82, 2.24) is 9.55 Å². The molecule has 1 aromatic carbocycles. The summed E-state index contributed by atoms with van der Waals surface area (Å²) >= 11 is 0. The minimum absolute atomic E-state index is 0.492. The molecule has 0 amide bonds. The number of aromatic nitrogens is 2. The summed E-state index contributed by atoms with van der Waals surface area (Å²) in [6.45, 7) is -0.543. The summed E-state index contributed by atoms with van der Waals surface area (Å²) in [7, 11) is 0. The molecule has 1 fully saturated rings. The third-order valence-electron chi connectivity index (χ3n) is 3.75. The summed E-state index contributed by atoms with van der Waals surface area (Å²) in [4.78, 5) is 14.7. The van der Waals surface area contributed by atoms with E-state index in [2.05, 4.69) is 4.98 Å². The topological polar surface area (TPSA) is 128 Å². The Kier molecular flexibility index (Phi) is 3.56. The molecule has 8 heteroatoms. The van der Waals surface area contributed by atoms with Crippen molar-refractivity contribution in [2.24, 2.45) is 0 Å². The third-order valence-corrected chi connectivity index (χ3v) is 3.75. The molecule has 21 heavy (non-hydrogen) atoms. The van der Waals surface area contributed by atoms with Crippen LogP contribution in [-0.4, -0.2) is 61.0 Å². The molecule has 1 aromatic heterocycles. The molecular formula is C13H16N2O6. The molecule has 3 rings (SSSR count). The van der Waals surface area contributed by atoms with Crippen molar-refractivity contribution in [2.45, 2.75) is 30.6 Å². The van der Waals surface area contributed by atoms with E-state index in [4.69, 9.17) is 4.74 Å². The second kappa shape index (κ2) is 5.24. The Bertz CT molecular complexity index is 693. The Hall–Kier alpha value is -1.71. The summed E-state index contributed by atoms with van der Waals surface area (Å²) < 4.78 is 6.56. The van der Waals surface area contributed by atoms with Gasteiger partial charge in [0.05, 0.1) is 17.6 Å². The van der Waals surface area contributed by atoms with Crippen LogP contribution >= 0.6 is 0 Å². The smallest absolute Gasteiger partial charge is 0.328 e. The molecule has 0 unspecified atom stereocenters. The van der Waals surface area contributed by atoms with E-state index in [9.17, 15) is 25.2 Å². The number of rotatable bonds is 2. The maximum atomic E-state index is 12.1. The molecule has 1 saturated heterocycles. The fourth-order valence-corrected chi connectivity index (χ4v) is 2.62. The van der Waals surface area contributed by atoms with Crippen LogP contribution in [0.2, 0.25) is 0 Å². The van der Waals surface area contributed by atoms with Gasteiger partial charge in [-0.1, -0.05) is 12.1 Å². The number of hydrogen-bond acceptors (Lipinski definition) is 6. The molecule has 0 bridgehead atoms. The predicted molar refractivity (Wildman–Crippen MR) is 71.6 cm³/mol. The first-order chi connectivity index (χ1) is 10.0. The van der Waals surface area contributed by atoms with Gasteiger partial charge in [0, 0.05) is 0 Å². The normalized spacial score (nSPS) is 33.4. The molecule has 114 valence electrons. The number of fused-ring (bicyclic) bond motifs is 1. The summed E-state index contributed by atoms with van der Waals surface area (Å²) in [5.41, 5.74) is 0.534. The number of aromatic amines is 1. The molecule has 0 saturated carbocycles. The van der Waals surface area contributed by atoms with Gasteiger partial charge >= 0.3 is 5.69 Å². The second-order valence-electron chi connectivity index (χ2n) is 5.04. The number of nitrogens with zero attached hydrogens (tertiary/aromatic N) is 1. The average molecular weight is 296 g/mol. The molecule has 2 aromatic rings. The minimum Gasteiger partial charge on any atom is -0.394 e. The van der Waals surface area contributed by atoms with Crippen LogP contribution < -0.4 is 5.69 Å². The van der Waals surface area contributed by atoms with Gasteiger partial charge in [-0.25, -0.2) is 4.79 Å². The molecule has 1 aliphatic heterocycles. The maximum Gasteiger partial charge on any atom is 0.328 e. The SMILES string of the molecule is O=c1[nH]c2ccccc2n1[C@@H]1O[C@H](CO)[C@@H](O)[C@H](O)[C@H]1O. The highest BCUT2D eigenvalue weighted by Gasteiger charge is 2.45. The zero-order valence-electron chi connectivity index (χ0n) is 11.0. The van der Waals surface area contributed by atoms with E-state index < -0.39 is 42.9 Å². The molecule has 8 nitrogen and oxygen atoms in total. The standard InChI is InChI=1S/C13H16N2O6/c16-5-8-9(17)10(18)11(19)12(21-8)15-7-4-2-1-3-6(7)14-13(15)20/h1-4,8-12,16-19H,5H2,(H,14,20)/t8-,9-,10+,11-,12-/m1/s1. The highest BCUT2D eigenvalue weighted by molar-refractivity contribution is 5.75. The van der Waals surface area contributed by atoms with Gasteiger partial charge in [-0.2, -0.15) is 0 Å². The van der Waals surface area contributed by atoms with Crippen LogP contribution in [0.5, 0.6) is 0 Å². The first-order valence-corrected chi connectivity index (χ1v) is 6.54. The third kappa shape index (κ3) is 2.17. The van der Waals surface area contributed by atoms with Crippen molar-refractivity contribution in [3.63, 3.8) is 0 Å². The fraction of sp³-hybridized carbons (Fsp3) is 0.462. The lowest BCUT2D eigenvalue weighted by Crippen LogP contribution is -2.57. The molecule has 1 aliphatic rings. The van der Waals surface area contributed by atoms with Crippen molar-refractivity contribution in [2.75, 3.05) is 6.61 Å². The second-order valence-corrected chi connectivity index (χ2v) is 5.04. The quantitative estimate of drug-likeness (QED) is 0.449. The van der Waals surface area contributed by atoms with Gasteiger partial charge in [0.15, 0.2) is 6.23 Å². The van der Waals surface area contributed by atoms with Crippen LogP contribution in [0, 0.1) is 0 Å². The Morgan fingerprint density at radius 2 is 1.86 bits per heavy atom. The molecule has 0 spiro atoms. The highest BCUT2D eigenvalue weighted by atomic mass is 16.6. The van der Waals surface area contributed by atoms with Gasteiger partial charge in [-0.05, 0) is 12.1 Å². The molecule has 5 atom stereocenters. The van der Waals surface area contributed by atoms with Gasteiger partial charge in [-0.3, -0.25) is 4.57 Å². The van der Waals surface area contributed by atoms with E-state index in [0.717, 1.165) is 4.57 Å². The van der Waals surface area contributed by atoms with Crippen molar-refractivity contribution < 1.29 is 25.2 Å². The molecule has 0 aliphatic carbocycles. The summed E-state index contributed by atoms with van der Waals surface area (Å²) in [6.07, 6.45) is -6.75. The van der Waals surface area contributed by atoms with E-state index in [1.165, 1.54) is 0 Å². The van der Waals surface area contributed by atoms with Crippen LogP contribution in [0.3, 0.4) is 0 Å². The van der Waals surface area contributed by atoms with Gasteiger partial charge < -0.3 is 30.1 Å². The predicted octanol–water partition coefficient (Wildman–Crippen LogP) is -1.70. The number of aliphatic hydroxyl groups excluding tert-OH is 4. The van der Waals surface area contributed by atoms with Crippen molar-refractivity contribution in [3.8, 4) is 0 Å². The number of ether oxygens (including phenoxy) is 1. The number of nitrogens with one attached hydrogen (secondary N) is 1. The summed E-state index contributed by atoms with van der Waals surface area (Å²) in [5, 5.41) is 38.9. The largest absolute Gasteiger partial charge is 0.394 e. The number of H-pyrrole nitrogens is 1. The van der Waals surface area contributed by atoms with Crippen LogP contribution in [0.4, 0.5) is 0 Å². The van der Waals surface area contributed by atoms with Crippen LogP contribution in [0.25, 0.3) is 11.0 Å². The number of hydrogen-bond donors (Lipinski definition) is 5. The van der Waals surface area contributed by atoms with E-state index in [1.807, 2.05) is 0 Å². The van der Waals surface area contributed by atoms with E-state index >= 15 is 0 Å². The minimum atomic E-state index is -1.53. The first kappa shape index (κ1) is 14.2. The zero-order valence-corrected chi connectivity index (χ0v) is 11.0. The van der Waals surface area contributed by atoms with Crippen LogP contribution in [0.15, 0.2) is 29.1 Å². The van der Waals surface area contributed by atoms with Crippen molar-refractivity contribution in [3.05, 3.63) is 34.7 Å². The lowest BCUT2D eigenvalue weighted by Gasteiger charge is -2.40. The Morgan fingerprint density at radius 3 is 2.57 bits per heavy atom. The molecule has 0 radical (unpaired) electrons. The number of benzene rings is 1. The van der Waals surface area contributed by atoms with E-state index in [0.29, 0.717) is 11.0 Å². The van der Waals surface area contributed by atoms with Crippen molar-refractivity contribution >= 4 is 11.0 Å². The van der Waals surface area contributed by atoms with Gasteiger partial charge in [0.2, 0.25) is 0 Å². The van der Waals surface area contributed by atoms with Crippen LogP contribution in [-0.2, 0) is 4.74 Å². The first-order valence-electron chi connectivity index (χ1n) is 6.54. The van der Waals surface area contributed by atoms with Gasteiger partial charge in [0.25, 0.3) is 0 Å². The maximum absolute atomic E-state index is 12.1. The lowest BCUT2D eigenvalue weighted by atomic mass is 9.98. The Morgan fingerprint density at radius 1 is 1.14 bits per heavy atom. The monoisotopic (exact) mass is 296 g/mol. The highest BCUT2D eigenvalue weighted by Crippen LogP contribution is 2.29. The van der Waals surface area contributed by atoms with Gasteiger partial charge in [0.1, 0.15) is 24.4 Å². The molecular weight excluding hydrogens is 280 g/mol. The van der Waals surface area contributed by atoms with E-state index in [1.54, 1.807) is 24.3 Å². The molecule has 2 heterocycles. The van der Waals surface area contributed by atoms with Crippen LogP contribution in [0.1, 0.15) is 6.23 Å². The lowest BCUT2D eigenvalue weighted by molar-refractivity contribution is -0.251. The van der Waals surface area contributed by atoms with Gasteiger partial charge in [-0.15, -0.1) is 0 Å². The zero-order chi connectivity index (χ0) is 15.1. The number of imidazole rings is 1. The number of aliphatic hydroxyl groups is 4. The average Bonchev–Trinajstić information content (AvgIpc) is 2.81. The number of para-hydroxylation sites is 2. The Balaban J connectivity index is 2.09. The summed E-state index contributed by atoms with van der Waals surface area (Å²) in [6, 6.07) is 6.82. The fourth-order valence-electron chi connectivity index (χ4n) is 2.62. The Labute approximate surface area is 118 Å². The molecule has 5 N–H and O–H groups in total.